The third-order valence-electron chi connectivity index (χ3n) is 5.71. The van der Waals surface area contributed by atoms with Crippen LogP contribution in [0.1, 0.15) is 58.3 Å². The summed E-state index contributed by atoms with van der Waals surface area (Å²) >= 11 is 0. The van der Waals surface area contributed by atoms with Crippen LogP contribution in [-0.2, 0) is 4.79 Å². The van der Waals surface area contributed by atoms with E-state index in [-0.39, 0.29) is 0 Å². The van der Waals surface area contributed by atoms with Crippen molar-refractivity contribution in [2.24, 2.45) is 17.3 Å². The topological polar surface area (TPSA) is 41.1 Å². The zero-order valence-electron chi connectivity index (χ0n) is 12.2. The Morgan fingerprint density at radius 2 is 1.95 bits per heavy atom. The van der Waals surface area contributed by atoms with Gasteiger partial charge in [0.15, 0.2) is 0 Å². The van der Waals surface area contributed by atoms with Crippen LogP contribution in [0.15, 0.2) is 0 Å². The molecule has 1 saturated heterocycles. The molecule has 0 aromatic rings. The molecule has 1 amide bonds. The van der Waals surface area contributed by atoms with E-state index in [0.717, 1.165) is 25.4 Å². The summed E-state index contributed by atoms with van der Waals surface area (Å²) in [6.07, 6.45) is 9.83. The van der Waals surface area contributed by atoms with Crippen LogP contribution in [-0.4, -0.2) is 25.0 Å². The van der Waals surface area contributed by atoms with Crippen molar-refractivity contribution in [2.75, 3.05) is 13.1 Å². The second kappa shape index (κ2) is 5.43. The van der Waals surface area contributed by atoms with Crippen LogP contribution in [0.25, 0.3) is 0 Å². The Kier molecular flexibility index (Phi) is 3.84. The molecule has 3 rings (SSSR count). The second-order valence-electron chi connectivity index (χ2n) is 7.19. The first-order valence-corrected chi connectivity index (χ1v) is 8.21. The Labute approximate surface area is 116 Å². The molecule has 3 nitrogen and oxygen atoms in total. The molecular formula is C16H28N2O. The van der Waals surface area contributed by atoms with Gasteiger partial charge in [0.1, 0.15) is 0 Å². The zero-order valence-corrected chi connectivity index (χ0v) is 12.2. The molecule has 3 atom stereocenters. The first kappa shape index (κ1) is 13.4. The lowest BCUT2D eigenvalue weighted by molar-refractivity contribution is -0.124. The average molecular weight is 264 g/mol. The molecule has 0 bridgehead atoms. The molecule has 1 spiro atoms. The second-order valence-corrected chi connectivity index (χ2v) is 7.19. The summed E-state index contributed by atoms with van der Waals surface area (Å²) in [5.41, 5.74) is 0.382. The average Bonchev–Trinajstić information content (AvgIpc) is 3.13. The van der Waals surface area contributed by atoms with Crippen LogP contribution in [0, 0.1) is 17.3 Å². The van der Waals surface area contributed by atoms with E-state index in [1.165, 1.54) is 44.9 Å². The molecule has 0 radical (unpaired) electrons. The number of rotatable bonds is 2. The SMILES string of the molecule is CC1CCCC(NC(=O)C2CC23CCNCC3)CC1. The minimum Gasteiger partial charge on any atom is -0.353 e. The highest BCUT2D eigenvalue weighted by atomic mass is 16.2. The van der Waals surface area contributed by atoms with Crippen LogP contribution in [0.3, 0.4) is 0 Å². The summed E-state index contributed by atoms with van der Waals surface area (Å²) in [5, 5.41) is 6.76. The fourth-order valence-electron chi connectivity index (χ4n) is 4.13. The molecule has 0 aromatic heterocycles. The molecule has 19 heavy (non-hydrogen) atoms. The predicted molar refractivity (Wildman–Crippen MR) is 76.8 cm³/mol. The number of amides is 1. The van der Waals surface area contributed by atoms with Gasteiger partial charge in [0, 0.05) is 12.0 Å². The molecule has 3 heteroatoms. The number of carbonyl (C=O) groups excluding carboxylic acids is 1. The molecular weight excluding hydrogens is 236 g/mol. The minimum absolute atomic E-state index is 0.329. The number of nitrogens with one attached hydrogen (secondary N) is 2. The number of piperidine rings is 1. The van der Waals surface area contributed by atoms with Crippen LogP contribution in [0.4, 0.5) is 0 Å². The largest absolute Gasteiger partial charge is 0.353 e. The summed E-state index contributed by atoms with van der Waals surface area (Å²) < 4.78 is 0. The molecule has 2 saturated carbocycles. The van der Waals surface area contributed by atoms with Crippen molar-refractivity contribution < 1.29 is 4.79 Å². The van der Waals surface area contributed by atoms with Gasteiger partial charge >= 0.3 is 0 Å². The van der Waals surface area contributed by atoms with Gasteiger partial charge in [-0.25, -0.2) is 0 Å². The van der Waals surface area contributed by atoms with Gasteiger partial charge < -0.3 is 10.6 Å². The molecule has 108 valence electrons. The lowest BCUT2D eigenvalue weighted by atomic mass is 9.91. The van der Waals surface area contributed by atoms with Crippen LogP contribution in [0.5, 0.6) is 0 Å². The van der Waals surface area contributed by atoms with Crippen LogP contribution < -0.4 is 10.6 Å². The normalized spacial score (nSPS) is 37.6. The molecule has 1 aliphatic heterocycles. The van der Waals surface area contributed by atoms with Gasteiger partial charge in [-0.1, -0.05) is 19.8 Å². The summed E-state index contributed by atoms with van der Waals surface area (Å²) in [4.78, 5) is 12.4. The third-order valence-corrected chi connectivity index (χ3v) is 5.71. The Hall–Kier alpha value is -0.570. The van der Waals surface area contributed by atoms with Crippen molar-refractivity contribution in [3.63, 3.8) is 0 Å². The van der Waals surface area contributed by atoms with Crippen LogP contribution in [0.2, 0.25) is 0 Å². The van der Waals surface area contributed by atoms with E-state index in [0.29, 0.717) is 23.3 Å². The maximum absolute atomic E-state index is 12.4. The van der Waals surface area contributed by atoms with Gasteiger partial charge in [-0.3, -0.25) is 4.79 Å². The molecule has 2 N–H and O–H groups in total. The molecule has 1 heterocycles. The number of hydrogen-bond donors (Lipinski definition) is 2. The van der Waals surface area contributed by atoms with Gasteiger partial charge in [0.05, 0.1) is 0 Å². The van der Waals surface area contributed by atoms with Crippen molar-refractivity contribution >= 4 is 5.91 Å². The van der Waals surface area contributed by atoms with Crippen molar-refractivity contribution in [1.82, 2.24) is 10.6 Å². The summed E-state index contributed by atoms with van der Waals surface area (Å²) in [6.45, 7) is 4.55. The first-order valence-electron chi connectivity index (χ1n) is 8.21. The Morgan fingerprint density at radius 1 is 1.16 bits per heavy atom. The van der Waals surface area contributed by atoms with Crippen molar-refractivity contribution in [3.8, 4) is 0 Å². The van der Waals surface area contributed by atoms with Crippen molar-refractivity contribution in [1.29, 1.82) is 0 Å². The minimum atomic E-state index is 0.329. The highest BCUT2D eigenvalue weighted by Gasteiger charge is 2.57. The molecule has 3 unspecified atom stereocenters. The first-order chi connectivity index (χ1) is 9.20. The quantitative estimate of drug-likeness (QED) is 0.752. The maximum Gasteiger partial charge on any atom is 0.223 e. The smallest absolute Gasteiger partial charge is 0.223 e. The fraction of sp³-hybridized carbons (Fsp3) is 0.938. The third kappa shape index (κ3) is 2.96. The monoisotopic (exact) mass is 264 g/mol. The highest BCUT2D eigenvalue weighted by Crippen LogP contribution is 2.58. The van der Waals surface area contributed by atoms with E-state index in [1.807, 2.05) is 0 Å². The fourth-order valence-corrected chi connectivity index (χ4v) is 4.13. The van der Waals surface area contributed by atoms with Crippen LogP contribution >= 0.6 is 0 Å². The zero-order chi connectivity index (χ0) is 13.3. The summed E-state index contributed by atoms with van der Waals surface area (Å²) in [5.74, 6) is 1.54. The van der Waals surface area contributed by atoms with Gasteiger partial charge in [-0.2, -0.15) is 0 Å². The van der Waals surface area contributed by atoms with E-state index in [2.05, 4.69) is 17.6 Å². The highest BCUT2D eigenvalue weighted by molar-refractivity contribution is 5.82. The summed E-state index contributed by atoms with van der Waals surface area (Å²) in [7, 11) is 0. The lowest BCUT2D eigenvalue weighted by Gasteiger charge is -2.24. The van der Waals surface area contributed by atoms with E-state index in [9.17, 15) is 4.79 Å². The molecule has 3 aliphatic rings. The van der Waals surface area contributed by atoms with Gasteiger partial charge in [-0.05, 0) is 62.9 Å². The molecule has 0 aromatic carbocycles. The predicted octanol–water partition coefficient (Wildman–Crippen LogP) is 2.46. The number of carbonyl (C=O) groups is 1. The summed E-state index contributed by atoms with van der Waals surface area (Å²) in [6, 6.07) is 0.455. The molecule has 3 fully saturated rings. The van der Waals surface area contributed by atoms with E-state index in [1.54, 1.807) is 0 Å². The Balaban J connectivity index is 1.49. The maximum atomic E-state index is 12.4. The van der Waals surface area contributed by atoms with Crippen molar-refractivity contribution in [3.05, 3.63) is 0 Å². The molecule has 2 aliphatic carbocycles. The number of hydrogen-bond acceptors (Lipinski definition) is 2. The Bertz CT molecular complexity index is 336. The standard InChI is InChI=1S/C16H28N2O/c1-12-3-2-4-13(6-5-12)18-15(19)14-11-16(14)7-9-17-10-8-16/h12-14,17H,2-11H2,1H3,(H,18,19). The lowest BCUT2D eigenvalue weighted by Crippen LogP contribution is -2.38. The Morgan fingerprint density at radius 3 is 2.74 bits per heavy atom. The van der Waals surface area contributed by atoms with E-state index < -0.39 is 0 Å². The van der Waals surface area contributed by atoms with Gasteiger partial charge in [0.25, 0.3) is 0 Å². The van der Waals surface area contributed by atoms with Gasteiger partial charge in [-0.15, -0.1) is 0 Å². The van der Waals surface area contributed by atoms with Gasteiger partial charge in [0.2, 0.25) is 5.91 Å². The van der Waals surface area contributed by atoms with E-state index >= 15 is 0 Å². The van der Waals surface area contributed by atoms with E-state index in [4.69, 9.17) is 0 Å². The van der Waals surface area contributed by atoms with Crippen molar-refractivity contribution in [2.45, 2.75) is 64.3 Å².